The molecule has 0 fully saturated rings. The van der Waals surface area contributed by atoms with Gasteiger partial charge in [0, 0.05) is 12.7 Å². The van der Waals surface area contributed by atoms with E-state index < -0.39 is 0 Å². The lowest BCUT2D eigenvalue weighted by Gasteiger charge is -2.39. The third-order valence-electron chi connectivity index (χ3n) is 7.09. The number of ether oxygens (including phenoxy) is 1. The average Bonchev–Trinajstić information content (AvgIpc) is 3.44. The molecule has 3 amide bonds. The molecule has 3 aromatic carbocycles. The zero-order chi connectivity index (χ0) is 27.4. The predicted octanol–water partition coefficient (Wildman–Crippen LogP) is 6.56. The van der Waals surface area contributed by atoms with Crippen molar-refractivity contribution in [1.82, 2.24) is 9.47 Å². The fourth-order valence-corrected chi connectivity index (χ4v) is 5.20. The number of carbonyl (C=O) groups is 2. The molecular formula is C32H34N4O3. The highest BCUT2D eigenvalue weighted by molar-refractivity contribution is 6.01. The fraction of sp³-hybridized carbons (Fsp3) is 0.250. The zero-order valence-electron chi connectivity index (χ0n) is 22.6. The van der Waals surface area contributed by atoms with E-state index in [0.717, 1.165) is 41.0 Å². The molecule has 200 valence electrons. The molecule has 5 rings (SSSR count). The standard InChI is InChI=1S/C32H34N4O3/c1-4-5-19-34(32(38)33-25-14-6-9-18-29(25)39-3)22-30(37)36-27-16-8-7-15-26(27)35-20-11-17-28(35)31(36)24-13-10-12-23(2)21-24/h6-18,20-21,31H,4-5,19,22H2,1-3H3,(H,33,38). The van der Waals surface area contributed by atoms with Crippen molar-refractivity contribution >= 4 is 23.3 Å². The Kier molecular flexibility index (Phi) is 7.68. The van der Waals surface area contributed by atoms with Crippen molar-refractivity contribution in [3.63, 3.8) is 0 Å². The molecule has 0 saturated carbocycles. The lowest BCUT2D eigenvalue weighted by molar-refractivity contribution is -0.119. The molecule has 39 heavy (non-hydrogen) atoms. The van der Waals surface area contributed by atoms with Gasteiger partial charge < -0.3 is 19.5 Å². The molecule has 2 heterocycles. The molecule has 1 aliphatic rings. The first kappa shape index (κ1) is 26.1. The van der Waals surface area contributed by atoms with Gasteiger partial charge in [0.1, 0.15) is 18.3 Å². The van der Waals surface area contributed by atoms with Gasteiger partial charge in [-0.2, -0.15) is 0 Å². The van der Waals surface area contributed by atoms with E-state index in [2.05, 4.69) is 48.0 Å². The number of hydrogen-bond acceptors (Lipinski definition) is 3. The number of methoxy groups -OCH3 is 1. The van der Waals surface area contributed by atoms with Gasteiger partial charge in [0.2, 0.25) is 5.91 Å². The summed E-state index contributed by atoms with van der Waals surface area (Å²) in [5.74, 6) is 0.422. The molecule has 1 unspecified atom stereocenters. The molecule has 1 atom stereocenters. The van der Waals surface area contributed by atoms with Crippen molar-refractivity contribution in [2.75, 3.05) is 30.4 Å². The summed E-state index contributed by atoms with van der Waals surface area (Å²) in [5.41, 5.74) is 5.48. The van der Waals surface area contributed by atoms with Gasteiger partial charge in [-0.05, 0) is 55.3 Å². The third kappa shape index (κ3) is 5.25. The van der Waals surface area contributed by atoms with Crippen LogP contribution in [0.5, 0.6) is 5.75 Å². The minimum atomic E-state index is -0.331. The van der Waals surface area contributed by atoms with Crippen molar-refractivity contribution in [3.05, 3.63) is 108 Å². The monoisotopic (exact) mass is 522 g/mol. The largest absolute Gasteiger partial charge is 0.495 e. The molecule has 1 aromatic heterocycles. The van der Waals surface area contributed by atoms with Gasteiger partial charge >= 0.3 is 6.03 Å². The van der Waals surface area contributed by atoms with Crippen molar-refractivity contribution < 1.29 is 14.3 Å². The molecule has 0 spiro atoms. The minimum Gasteiger partial charge on any atom is -0.495 e. The lowest BCUT2D eigenvalue weighted by Crippen LogP contribution is -2.48. The van der Waals surface area contributed by atoms with E-state index in [1.165, 1.54) is 0 Å². The number of carbonyl (C=O) groups excluding carboxylic acids is 2. The molecule has 0 radical (unpaired) electrons. The number of fused-ring (bicyclic) bond motifs is 3. The fourth-order valence-electron chi connectivity index (χ4n) is 5.20. The van der Waals surface area contributed by atoms with Crippen LogP contribution >= 0.6 is 0 Å². The van der Waals surface area contributed by atoms with Crippen LogP contribution in [0.4, 0.5) is 16.2 Å². The van der Waals surface area contributed by atoms with Crippen LogP contribution in [0.3, 0.4) is 0 Å². The molecule has 7 nitrogen and oxygen atoms in total. The Morgan fingerprint density at radius 1 is 0.949 bits per heavy atom. The highest BCUT2D eigenvalue weighted by Crippen LogP contribution is 2.42. The predicted molar refractivity (Wildman–Crippen MR) is 155 cm³/mol. The highest BCUT2D eigenvalue weighted by Gasteiger charge is 2.37. The van der Waals surface area contributed by atoms with Gasteiger partial charge in [0.05, 0.1) is 29.9 Å². The molecule has 0 bridgehead atoms. The third-order valence-corrected chi connectivity index (χ3v) is 7.09. The van der Waals surface area contributed by atoms with Gasteiger partial charge in [-0.1, -0.05) is 67.4 Å². The Morgan fingerprint density at radius 3 is 2.49 bits per heavy atom. The van der Waals surface area contributed by atoms with Gasteiger partial charge in [-0.25, -0.2) is 4.79 Å². The van der Waals surface area contributed by atoms with Crippen LogP contribution < -0.4 is 15.0 Å². The number of urea groups is 1. The summed E-state index contributed by atoms with van der Waals surface area (Å²) in [7, 11) is 1.57. The van der Waals surface area contributed by atoms with E-state index in [1.807, 2.05) is 59.6 Å². The van der Waals surface area contributed by atoms with E-state index in [-0.39, 0.29) is 24.5 Å². The van der Waals surface area contributed by atoms with Crippen molar-refractivity contribution in [2.45, 2.75) is 32.7 Å². The summed E-state index contributed by atoms with van der Waals surface area (Å²) in [6, 6.07) is 26.9. The molecule has 1 aliphatic heterocycles. The second kappa shape index (κ2) is 11.5. The Bertz CT molecular complexity index is 1480. The number of unbranched alkanes of at least 4 members (excludes halogenated alkanes) is 1. The van der Waals surface area contributed by atoms with Crippen LogP contribution in [0.1, 0.15) is 42.6 Å². The van der Waals surface area contributed by atoms with Crippen LogP contribution in [-0.4, -0.2) is 41.6 Å². The topological polar surface area (TPSA) is 66.8 Å². The van der Waals surface area contributed by atoms with Crippen LogP contribution in [0.15, 0.2) is 91.1 Å². The minimum absolute atomic E-state index is 0.0572. The lowest BCUT2D eigenvalue weighted by atomic mass is 9.96. The number of hydrogen-bond donors (Lipinski definition) is 1. The van der Waals surface area contributed by atoms with Gasteiger partial charge in [0.15, 0.2) is 0 Å². The molecular weight excluding hydrogens is 488 g/mol. The summed E-state index contributed by atoms with van der Waals surface area (Å²) in [6.45, 7) is 4.53. The number of nitrogens with zero attached hydrogens (tertiary/aromatic N) is 3. The quantitative estimate of drug-likeness (QED) is 0.285. The van der Waals surface area contributed by atoms with E-state index in [4.69, 9.17) is 4.74 Å². The van der Waals surface area contributed by atoms with E-state index in [0.29, 0.717) is 18.0 Å². The van der Waals surface area contributed by atoms with Crippen LogP contribution in [-0.2, 0) is 4.79 Å². The SMILES string of the molecule is CCCCN(CC(=O)N1c2ccccc2-n2cccc2C1c1cccc(C)c1)C(=O)Nc1ccccc1OC. The number of rotatable bonds is 8. The molecule has 1 N–H and O–H groups in total. The number of amides is 3. The number of nitrogens with one attached hydrogen (secondary N) is 1. The summed E-state index contributed by atoms with van der Waals surface area (Å²) in [4.78, 5) is 31.2. The second-order valence-electron chi connectivity index (χ2n) is 9.78. The van der Waals surface area contributed by atoms with E-state index in [1.54, 1.807) is 24.1 Å². The average molecular weight is 523 g/mol. The maximum absolute atomic E-state index is 14.3. The van der Waals surface area contributed by atoms with Gasteiger partial charge in [0.25, 0.3) is 0 Å². The maximum atomic E-state index is 14.3. The van der Waals surface area contributed by atoms with E-state index in [9.17, 15) is 9.59 Å². The number of anilines is 2. The summed E-state index contributed by atoms with van der Waals surface area (Å²) < 4.78 is 7.56. The van der Waals surface area contributed by atoms with Crippen molar-refractivity contribution in [2.24, 2.45) is 0 Å². The first-order valence-corrected chi connectivity index (χ1v) is 13.4. The van der Waals surface area contributed by atoms with Crippen LogP contribution in [0, 0.1) is 6.92 Å². The highest BCUT2D eigenvalue weighted by atomic mass is 16.5. The van der Waals surface area contributed by atoms with E-state index >= 15 is 0 Å². The first-order chi connectivity index (χ1) is 19.0. The summed E-state index contributed by atoms with van der Waals surface area (Å²) >= 11 is 0. The van der Waals surface area contributed by atoms with Gasteiger partial charge in [-0.15, -0.1) is 0 Å². The van der Waals surface area contributed by atoms with Gasteiger partial charge in [-0.3, -0.25) is 9.69 Å². The zero-order valence-corrected chi connectivity index (χ0v) is 22.6. The first-order valence-electron chi connectivity index (χ1n) is 13.4. The number of aromatic nitrogens is 1. The Hall–Kier alpha value is -4.52. The smallest absolute Gasteiger partial charge is 0.322 e. The molecule has 7 heteroatoms. The maximum Gasteiger partial charge on any atom is 0.322 e. The van der Waals surface area contributed by atoms with Crippen molar-refractivity contribution in [1.29, 1.82) is 0 Å². The molecule has 0 aliphatic carbocycles. The number of para-hydroxylation sites is 4. The molecule has 0 saturated heterocycles. The molecule has 4 aromatic rings. The Labute approximate surface area is 229 Å². The van der Waals surface area contributed by atoms with Crippen LogP contribution in [0.25, 0.3) is 5.69 Å². The second-order valence-corrected chi connectivity index (χ2v) is 9.78. The summed E-state index contributed by atoms with van der Waals surface area (Å²) in [6.07, 6.45) is 3.72. The van der Waals surface area contributed by atoms with Crippen LogP contribution in [0.2, 0.25) is 0 Å². The summed E-state index contributed by atoms with van der Waals surface area (Å²) in [5, 5.41) is 2.95. The normalized spacial score (nSPS) is 13.8. The Balaban J connectivity index is 1.51. The number of benzene rings is 3. The number of aryl methyl sites for hydroxylation is 1. The van der Waals surface area contributed by atoms with Crippen molar-refractivity contribution in [3.8, 4) is 11.4 Å². The Morgan fingerprint density at radius 2 is 1.72 bits per heavy atom.